The Kier molecular flexibility index (Phi) is 4.50. The minimum atomic E-state index is 0.224. The minimum Gasteiger partial charge on any atom is -0.364 e. The standard InChI is InChI=1S/C21H17ClN4/c1-14-6-4-7-15(12-14)17-9-5-10-18-19(17)20(26-21(22)25-18)24-13-16-8-2-3-11-23-16/h2-12H,13H2,1H3,(H,24,25,26). The van der Waals surface area contributed by atoms with Gasteiger partial charge >= 0.3 is 0 Å². The molecule has 26 heavy (non-hydrogen) atoms. The number of nitrogens with one attached hydrogen (secondary N) is 1. The lowest BCUT2D eigenvalue weighted by Gasteiger charge is -2.13. The molecule has 0 saturated carbocycles. The zero-order chi connectivity index (χ0) is 17.9. The van der Waals surface area contributed by atoms with Crippen molar-refractivity contribution in [2.75, 3.05) is 5.32 Å². The van der Waals surface area contributed by atoms with Crippen molar-refractivity contribution in [1.29, 1.82) is 0 Å². The van der Waals surface area contributed by atoms with Crippen LogP contribution in [0.4, 0.5) is 5.82 Å². The minimum absolute atomic E-state index is 0.224. The van der Waals surface area contributed by atoms with E-state index in [0.717, 1.165) is 27.7 Å². The Balaban J connectivity index is 1.83. The van der Waals surface area contributed by atoms with Crippen LogP contribution in [0.15, 0.2) is 66.9 Å². The third kappa shape index (κ3) is 3.37. The van der Waals surface area contributed by atoms with Gasteiger partial charge in [-0.25, -0.2) is 9.97 Å². The summed E-state index contributed by atoms with van der Waals surface area (Å²) in [7, 11) is 0. The molecule has 2 heterocycles. The molecule has 128 valence electrons. The fourth-order valence-corrected chi connectivity index (χ4v) is 3.19. The van der Waals surface area contributed by atoms with Gasteiger partial charge in [-0.1, -0.05) is 48.0 Å². The van der Waals surface area contributed by atoms with Crippen LogP contribution >= 0.6 is 11.6 Å². The van der Waals surface area contributed by atoms with Crippen LogP contribution in [0.25, 0.3) is 22.0 Å². The van der Waals surface area contributed by atoms with Crippen LogP contribution in [0.5, 0.6) is 0 Å². The Morgan fingerprint density at radius 1 is 0.962 bits per heavy atom. The molecule has 2 aromatic carbocycles. The molecule has 0 unspecified atom stereocenters. The monoisotopic (exact) mass is 360 g/mol. The lowest BCUT2D eigenvalue weighted by atomic mass is 9.99. The van der Waals surface area contributed by atoms with Crippen molar-refractivity contribution in [1.82, 2.24) is 15.0 Å². The molecule has 0 aliphatic rings. The number of benzene rings is 2. The zero-order valence-corrected chi connectivity index (χ0v) is 15.0. The number of rotatable bonds is 4. The summed E-state index contributed by atoms with van der Waals surface area (Å²) < 4.78 is 0. The number of aromatic nitrogens is 3. The molecule has 0 radical (unpaired) electrons. The Hall–Kier alpha value is -2.98. The van der Waals surface area contributed by atoms with E-state index in [9.17, 15) is 0 Å². The van der Waals surface area contributed by atoms with Crippen LogP contribution in [0.2, 0.25) is 5.28 Å². The molecule has 0 amide bonds. The predicted molar refractivity (Wildman–Crippen MR) is 106 cm³/mol. The van der Waals surface area contributed by atoms with Crippen molar-refractivity contribution in [3.05, 3.63) is 83.4 Å². The maximum absolute atomic E-state index is 6.15. The van der Waals surface area contributed by atoms with Gasteiger partial charge in [-0.05, 0) is 47.9 Å². The number of halogens is 1. The van der Waals surface area contributed by atoms with Crippen molar-refractivity contribution in [3.63, 3.8) is 0 Å². The quantitative estimate of drug-likeness (QED) is 0.504. The summed E-state index contributed by atoms with van der Waals surface area (Å²) in [5.74, 6) is 0.711. The highest BCUT2D eigenvalue weighted by Crippen LogP contribution is 2.33. The van der Waals surface area contributed by atoms with E-state index in [4.69, 9.17) is 11.6 Å². The lowest BCUT2D eigenvalue weighted by molar-refractivity contribution is 1.03. The van der Waals surface area contributed by atoms with E-state index in [1.54, 1.807) is 6.20 Å². The molecule has 0 atom stereocenters. The molecule has 0 aliphatic heterocycles. The van der Waals surface area contributed by atoms with Crippen LogP contribution in [0, 0.1) is 6.92 Å². The molecule has 5 heteroatoms. The summed E-state index contributed by atoms with van der Waals surface area (Å²) in [6, 6.07) is 20.3. The van der Waals surface area contributed by atoms with E-state index in [0.29, 0.717) is 12.4 Å². The first kappa shape index (κ1) is 16.5. The van der Waals surface area contributed by atoms with Crippen molar-refractivity contribution in [2.45, 2.75) is 13.5 Å². The summed E-state index contributed by atoms with van der Waals surface area (Å²) in [5.41, 5.74) is 5.15. The third-order valence-electron chi connectivity index (χ3n) is 4.19. The first-order valence-corrected chi connectivity index (χ1v) is 8.75. The highest BCUT2D eigenvalue weighted by molar-refractivity contribution is 6.29. The smallest absolute Gasteiger partial charge is 0.224 e. The van der Waals surface area contributed by atoms with Crippen molar-refractivity contribution >= 4 is 28.3 Å². The van der Waals surface area contributed by atoms with Gasteiger partial charge in [0.15, 0.2) is 0 Å². The van der Waals surface area contributed by atoms with Gasteiger partial charge in [0.25, 0.3) is 0 Å². The van der Waals surface area contributed by atoms with Crippen LogP contribution in [0.1, 0.15) is 11.3 Å². The maximum Gasteiger partial charge on any atom is 0.224 e. The second kappa shape index (κ2) is 7.10. The first-order chi connectivity index (χ1) is 12.7. The van der Waals surface area contributed by atoms with Crippen molar-refractivity contribution < 1.29 is 0 Å². The average Bonchev–Trinajstić information content (AvgIpc) is 2.66. The van der Waals surface area contributed by atoms with Gasteiger partial charge in [-0.3, -0.25) is 4.98 Å². The number of hydrogen-bond acceptors (Lipinski definition) is 4. The van der Waals surface area contributed by atoms with Gasteiger partial charge < -0.3 is 5.32 Å². The van der Waals surface area contributed by atoms with Gasteiger partial charge in [0.1, 0.15) is 5.82 Å². The van der Waals surface area contributed by atoms with E-state index < -0.39 is 0 Å². The third-order valence-corrected chi connectivity index (χ3v) is 4.36. The number of pyridine rings is 1. The topological polar surface area (TPSA) is 50.7 Å². The van der Waals surface area contributed by atoms with Crippen molar-refractivity contribution in [3.8, 4) is 11.1 Å². The summed E-state index contributed by atoms with van der Waals surface area (Å²) in [4.78, 5) is 13.2. The molecule has 0 aliphatic carbocycles. The molecule has 4 aromatic rings. The molecule has 1 N–H and O–H groups in total. The second-order valence-corrected chi connectivity index (χ2v) is 6.42. The Morgan fingerprint density at radius 2 is 1.85 bits per heavy atom. The Labute approximate surface area is 156 Å². The van der Waals surface area contributed by atoms with Crippen LogP contribution in [-0.2, 0) is 6.54 Å². The number of aryl methyl sites for hydroxylation is 1. The van der Waals surface area contributed by atoms with Gasteiger partial charge in [-0.15, -0.1) is 0 Å². The molecule has 2 aromatic heterocycles. The van der Waals surface area contributed by atoms with Crippen LogP contribution < -0.4 is 5.32 Å². The lowest BCUT2D eigenvalue weighted by Crippen LogP contribution is -2.05. The summed E-state index contributed by atoms with van der Waals surface area (Å²) in [6.07, 6.45) is 1.78. The highest BCUT2D eigenvalue weighted by atomic mass is 35.5. The fraction of sp³-hybridized carbons (Fsp3) is 0.0952. The predicted octanol–water partition coefficient (Wildman–Crippen LogP) is 5.27. The number of nitrogens with zero attached hydrogens (tertiary/aromatic N) is 3. The van der Waals surface area contributed by atoms with E-state index in [-0.39, 0.29) is 5.28 Å². The number of hydrogen-bond donors (Lipinski definition) is 1. The molecule has 0 saturated heterocycles. The molecule has 0 fully saturated rings. The zero-order valence-electron chi connectivity index (χ0n) is 14.3. The van der Waals surface area contributed by atoms with E-state index >= 15 is 0 Å². The van der Waals surface area contributed by atoms with Crippen LogP contribution in [-0.4, -0.2) is 15.0 Å². The van der Waals surface area contributed by atoms with Crippen molar-refractivity contribution in [2.24, 2.45) is 0 Å². The molecule has 0 spiro atoms. The molecule has 4 rings (SSSR count). The normalized spacial score (nSPS) is 10.8. The van der Waals surface area contributed by atoms with Gasteiger partial charge in [0.05, 0.1) is 23.1 Å². The SMILES string of the molecule is Cc1cccc(-c2cccc3nc(Cl)nc(NCc4ccccn4)c23)c1. The van der Waals surface area contributed by atoms with E-state index in [1.165, 1.54) is 5.56 Å². The summed E-state index contributed by atoms with van der Waals surface area (Å²) in [6.45, 7) is 2.65. The van der Waals surface area contributed by atoms with Gasteiger partial charge in [0, 0.05) is 6.20 Å². The van der Waals surface area contributed by atoms with Gasteiger partial charge in [0.2, 0.25) is 5.28 Å². The number of fused-ring (bicyclic) bond motifs is 1. The largest absolute Gasteiger partial charge is 0.364 e. The molecular weight excluding hydrogens is 344 g/mol. The average molecular weight is 361 g/mol. The van der Waals surface area contributed by atoms with Gasteiger partial charge in [-0.2, -0.15) is 0 Å². The number of anilines is 1. The first-order valence-electron chi connectivity index (χ1n) is 8.38. The van der Waals surface area contributed by atoms with E-state index in [1.807, 2.05) is 30.3 Å². The fourth-order valence-electron chi connectivity index (χ4n) is 3.01. The molecule has 0 bridgehead atoms. The van der Waals surface area contributed by atoms with Crippen LogP contribution in [0.3, 0.4) is 0 Å². The highest BCUT2D eigenvalue weighted by Gasteiger charge is 2.12. The molecular formula is C21H17ClN4. The van der Waals surface area contributed by atoms with E-state index in [2.05, 4.69) is 57.5 Å². The Morgan fingerprint density at radius 3 is 2.65 bits per heavy atom. The summed E-state index contributed by atoms with van der Waals surface area (Å²) >= 11 is 6.15. The second-order valence-electron chi connectivity index (χ2n) is 6.09. The summed E-state index contributed by atoms with van der Waals surface area (Å²) in [5, 5.41) is 4.55. The molecule has 4 nitrogen and oxygen atoms in total. The Bertz CT molecular complexity index is 1060. The maximum atomic E-state index is 6.15.